The van der Waals surface area contributed by atoms with Crippen LogP contribution < -0.4 is 5.32 Å². The molecule has 0 radical (unpaired) electrons. The van der Waals surface area contributed by atoms with Gasteiger partial charge in [-0.3, -0.25) is 4.79 Å². The van der Waals surface area contributed by atoms with Crippen molar-refractivity contribution in [3.63, 3.8) is 0 Å². The van der Waals surface area contributed by atoms with Crippen LogP contribution in [0.1, 0.15) is 31.2 Å². The highest BCUT2D eigenvalue weighted by Crippen LogP contribution is 2.25. The summed E-state index contributed by atoms with van der Waals surface area (Å²) >= 11 is 0. The fourth-order valence-corrected chi connectivity index (χ4v) is 2.68. The van der Waals surface area contributed by atoms with E-state index in [1.807, 2.05) is 0 Å². The molecule has 1 saturated carbocycles. The highest BCUT2D eigenvalue weighted by atomic mass is 19.2. The summed E-state index contributed by atoms with van der Waals surface area (Å²) in [5.74, 6) is -1.74. The lowest BCUT2D eigenvalue weighted by molar-refractivity contribution is -0.122. The maximum atomic E-state index is 13.0. The van der Waals surface area contributed by atoms with Gasteiger partial charge in [0, 0.05) is 25.0 Å². The lowest BCUT2D eigenvalue weighted by atomic mass is 10.0. The van der Waals surface area contributed by atoms with Gasteiger partial charge in [-0.15, -0.1) is 0 Å². The number of benzene rings is 1. The number of carbonyl (C=O) groups excluding carboxylic acids is 1. The molecule has 0 heterocycles. The molecule has 0 aromatic heterocycles. The molecule has 3 nitrogen and oxygen atoms in total. The van der Waals surface area contributed by atoms with Crippen LogP contribution in [0.15, 0.2) is 18.2 Å². The molecule has 5 heteroatoms. The van der Waals surface area contributed by atoms with Crippen LogP contribution in [0.3, 0.4) is 0 Å². The van der Waals surface area contributed by atoms with Gasteiger partial charge in [0.1, 0.15) is 0 Å². The van der Waals surface area contributed by atoms with Crippen molar-refractivity contribution in [3.05, 3.63) is 35.4 Å². The van der Waals surface area contributed by atoms with Crippen molar-refractivity contribution in [1.29, 1.82) is 0 Å². The van der Waals surface area contributed by atoms with Gasteiger partial charge in [0.2, 0.25) is 5.91 Å². The molecular formula is C15H19F2NO2. The summed E-state index contributed by atoms with van der Waals surface area (Å²) in [6, 6.07) is 3.71. The van der Waals surface area contributed by atoms with Crippen LogP contribution in [0.4, 0.5) is 8.78 Å². The molecule has 1 aliphatic carbocycles. The van der Waals surface area contributed by atoms with Crippen LogP contribution in [0, 0.1) is 17.6 Å². The number of rotatable bonds is 5. The molecule has 0 spiro atoms. The molecular weight excluding hydrogens is 264 g/mol. The molecule has 2 atom stereocenters. The van der Waals surface area contributed by atoms with Gasteiger partial charge in [0.05, 0.1) is 0 Å². The maximum Gasteiger partial charge on any atom is 0.220 e. The summed E-state index contributed by atoms with van der Waals surface area (Å²) in [7, 11) is 0. The molecule has 1 fully saturated rings. The van der Waals surface area contributed by atoms with Crippen LogP contribution in [-0.2, 0) is 11.2 Å². The van der Waals surface area contributed by atoms with Gasteiger partial charge in [0.25, 0.3) is 0 Å². The number of aliphatic hydroxyl groups excluding tert-OH is 1. The van der Waals surface area contributed by atoms with Gasteiger partial charge in [0.15, 0.2) is 11.6 Å². The van der Waals surface area contributed by atoms with Crippen molar-refractivity contribution in [2.75, 3.05) is 6.61 Å². The Balaban J connectivity index is 1.81. The smallest absolute Gasteiger partial charge is 0.220 e. The number of hydrogen-bond donors (Lipinski definition) is 2. The largest absolute Gasteiger partial charge is 0.396 e. The SMILES string of the molecule is O=C(CCc1ccc(F)c(F)c1)NC1CCCC1CO. The second-order valence-electron chi connectivity index (χ2n) is 5.30. The third-order valence-corrected chi connectivity index (χ3v) is 3.86. The molecule has 1 aromatic rings. The molecule has 0 aliphatic heterocycles. The van der Waals surface area contributed by atoms with Gasteiger partial charge in [-0.2, -0.15) is 0 Å². The van der Waals surface area contributed by atoms with Crippen LogP contribution in [0.25, 0.3) is 0 Å². The minimum atomic E-state index is -0.890. The Bertz CT molecular complexity index is 479. The molecule has 2 N–H and O–H groups in total. The lowest BCUT2D eigenvalue weighted by Gasteiger charge is -2.18. The van der Waals surface area contributed by atoms with Crippen molar-refractivity contribution < 1.29 is 18.7 Å². The first-order valence-electron chi connectivity index (χ1n) is 6.94. The van der Waals surface area contributed by atoms with E-state index in [2.05, 4.69) is 5.32 Å². The number of aryl methyl sites for hydroxylation is 1. The average molecular weight is 283 g/mol. The lowest BCUT2D eigenvalue weighted by Crippen LogP contribution is -2.38. The Morgan fingerprint density at radius 3 is 2.80 bits per heavy atom. The van der Waals surface area contributed by atoms with E-state index in [1.54, 1.807) is 0 Å². The molecule has 1 aromatic carbocycles. The van der Waals surface area contributed by atoms with Gasteiger partial charge >= 0.3 is 0 Å². The zero-order chi connectivity index (χ0) is 14.5. The second-order valence-corrected chi connectivity index (χ2v) is 5.30. The van der Waals surface area contributed by atoms with E-state index in [4.69, 9.17) is 0 Å². The van der Waals surface area contributed by atoms with Crippen molar-refractivity contribution >= 4 is 5.91 Å². The standard InChI is InChI=1S/C15H19F2NO2/c16-12-6-4-10(8-13(12)17)5-7-15(20)18-14-3-1-2-11(14)9-19/h4,6,8,11,14,19H,1-3,5,7,9H2,(H,18,20). The minimum Gasteiger partial charge on any atom is -0.396 e. The topological polar surface area (TPSA) is 49.3 Å². The first-order valence-corrected chi connectivity index (χ1v) is 6.94. The van der Waals surface area contributed by atoms with E-state index in [1.165, 1.54) is 6.07 Å². The highest BCUT2D eigenvalue weighted by Gasteiger charge is 2.27. The summed E-state index contributed by atoms with van der Waals surface area (Å²) < 4.78 is 25.8. The minimum absolute atomic E-state index is 0.0393. The molecule has 0 bridgehead atoms. The summed E-state index contributed by atoms with van der Waals surface area (Å²) in [4.78, 5) is 11.8. The maximum absolute atomic E-state index is 13.0. The van der Waals surface area contributed by atoms with Gasteiger partial charge in [-0.05, 0) is 37.0 Å². The van der Waals surface area contributed by atoms with Crippen molar-refractivity contribution in [2.45, 2.75) is 38.1 Å². The fourth-order valence-electron chi connectivity index (χ4n) is 2.68. The molecule has 1 amide bonds. The number of hydrogen-bond acceptors (Lipinski definition) is 2. The number of halogens is 2. The molecule has 110 valence electrons. The Labute approximate surface area is 117 Å². The molecule has 2 rings (SSSR count). The zero-order valence-electron chi connectivity index (χ0n) is 11.2. The van der Waals surface area contributed by atoms with E-state index in [9.17, 15) is 18.7 Å². The van der Waals surface area contributed by atoms with Gasteiger partial charge < -0.3 is 10.4 Å². The van der Waals surface area contributed by atoms with Gasteiger partial charge in [-0.1, -0.05) is 12.5 Å². The van der Waals surface area contributed by atoms with Gasteiger partial charge in [-0.25, -0.2) is 8.78 Å². The first-order chi connectivity index (χ1) is 9.60. The summed E-state index contributed by atoms with van der Waals surface area (Å²) in [5, 5.41) is 12.1. The third-order valence-electron chi connectivity index (χ3n) is 3.86. The van der Waals surface area contributed by atoms with E-state index in [0.29, 0.717) is 12.0 Å². The van der Waals surface area contributed by atoms with Crippen molar-refractivity contribution in [3.8, 4) is 0 Å². The molecule has 20 heavy (non-hydrogen) atoms. The quantitative estimate of drug-likeness (QED) is 0.870. The van der Waals surface area contributed by atoms with Crippen molar-refractivity contribution in [2.24, 2.45) is 5.92 Å². The fraction of sp³-hybridized carbons (Fsp3) is 0.533. The molecule has 1 aliphatic rings. The highest BCUT2D eigenvalue weighted by molar-refractivity contribution is 5.76. The van der Waals surface area contributed by atoms with Crippen LogP contribution >= 0.6 is 0 Å². The Kier molecular flexibility index (Phi) is 5.06. The Hall–Kier alpha value is -1.49. The molecule has 2 unspecified atom stereocenters. The summed E-state index contributed by atoms with van der Waals surface area (Å²) in [6.07, 6.45) is 3.45. The second kappa shape index (κ2) is 6.79. The predicted molar refractivity (Wildman–Crippen MR) is 71.0 cm³/mol. The number of aliphatic hydroxyl groups is 1. The van der Waals surface area contributed by atoms with Crippen LogP contribution in [0.5, 0.6) is 0 Å². The molecule has 0 saturated heterocycles. The van der Waals surface area contributed by atoms with E-state index >= 15 is 0 Å². The Morgan fingerprint density at radius 1 is 1.30 bits per heavy atom. The summed E-state index contributed by atoms with van der Waals surface area (Å²) in [5.41, 5.74) is 0.601. The first kappa shape index (κ1) is 14.9. The zero-order valence-corrected chi connectivity index (χ0v) is 11.2. The third kappa shape index (κ3) is 3.76. The predicted octanol–water partition coefficient (Wildman–Crippen LogP) is 2.17. The van der Waals surface area contributed by atoms with Crippen molar-refractivity contribution in [1.82, 2.24) is 5.32 Å². The van der Waals surface area contributed by atoms with Crippen LogP contribution in [0.2, 0.25) is 0 Å². The number of nitrogens with one attached hydrogen (secondary N) is 1. The van der Waals surface area contributed by atoms with Crippen LogP contribution in [-0.4, -0.2) is 23.7 Å². The number of carbonyl (C=O) groups is 1. The van der Waals surface area contributed by atoms with E-state index < -0.39 is 11.6 Å². The monoisotopic (exact) mass is 283 g/mol. The number of amides is 1. The summed E-state index contributed by atoms with van der Waals surface area (Å²) in [6.45, 7) is 0.0914. The normalized spacial score (nSPS) is 21.9. The Morgan fingerprint density at radius 2 is 2.10 bits per heavy atom. The van der Waals surface area contributed by atoms with E-state index in [0.717, 1.165) is 31.4 Å². The average Bonchev–Trinajstić information content (AvgIpc) is 2.87. The van der Waals surface area contributed by atoms with E-state index in [-0.39, 0.29) is 30.9 Å².